The second-order valence-corrected chi connectivity index (χ2v) is 8.92. The van der Waals surface area contributed by atoms with Gasteiger partial charge in [0.25, 0.3) is 17.5 Å². The molecule has 0 aromatic heterocycles. The van der Waals surface area contributed by atoms with Gasteiger partial charge in [0.05, 0.1) is 24.5 Å². The summed E-state index contributed by atoms with van der Waals surface area (Å²) in [5.41, 5.74) is 0.218. The number of nitro groups is 1. The second kappa shape index (κ2) is 10.6. The number of non-ortho nitro benzene ring substituents is 1. The number of aliphatic carboxylic acids is 1. The van der Waals surface area contributed by atoms with Crippen molar-refractivity contribution in [1.29, 1.82) is 0 Å². The van der Waals surface area contributed by atoms with Crippen molar-refractivity contribution >= 4 is 29.4 Å². The zero-order valence-corrected chi connectivity index (χ0v) is 20.0. The van der Waals surface area contributed by atoms with Gasteiger partial charge in [0.15, 0.2) is 6.17 Å². The van der Waals surface area contributed by atoms with Crippen LogP contribution < -0.4 is 10.1 Å². The third kappa shape index (κ3) is 5.68. The van der Waals surface area contributed by atoms with Gasteiger partial charge in [-0.05, 0) is 36.6 Å². The van der Waals surface area contributed by atoms with Crippen molar-refractivity contribution in [1.82, 2.24) is 15.1 Å². The molecule has 2 fully saturated rings. The number of carbonyl (C=O) groups excluding carboxylic acids is 3. The van der Waals surface area contributed by atoms with Crippen LogP contribution in [-0.4, -0.2) is 69.9 Å². The van der Waals surface area contributed by atoms with E-state index < -0.39 is 41.3 Å². The maximum absolute atomic E-state index is 13.6. The van der Waals surface area contributed by atoms with Crippen LogP contribution in [0.2, 0.25) is 0 Å². The summed E-state index contributed by atoms with van der Waals surface area (Å²) in [4.78, 5) is 64.8. The molecule has 2 aliphatic rings. The Morgan fingerprint density at radius 2 is 1.81 bits per heavy atom. The van der Waals surface area contributed by atoms with E-state index in [4.69, 9.17) is 4.74 Å². The first-order valence-corrected chi connectivity index (χ1v) is 11.7. The molecule has 1 heterocycles. The fraction of sp³-hybridized carbons (Fsp3) is 0.360. The lowest BCUT2D eigenvalue weighted by atomic mass is 10.0. The fourth-order valence-corrected chi connectivity index (χ4v) is 4.37. The van der Waals surface area contributed by atoms with Crippen LogP contribution in [0.1, 0.15) is 41.2 Å². The topological polar surface area (TPSA) is 159 Å². The third-order valence-corrected chi connectivity index (χ3v) is 6.37. The highest BCUT2D eigenvalue weighted by Gasteiger charge is 2.47. The van der Waals surface area contributed by atoms with Crippen molar-refractivity contribution in [3.8, 4) is 5.75 Å². The van der Waals surface area contributed by atoms with Crippen LogP contribution in [-0.2, 0) is 14.4 Å². The summed E-state index contributed by atoms with van der Waals surface area (Å²) in [6.07, 6.45) is -0.465. The minimum absolute atomic E-state index is 0.104. The van der Waals surface area contributed by atoms with Gasteiger partial charge in [0.2, 0.25) is 5.91 Å². The van der Waals surface area contributed by atoms with E-state index in [0.717, 1.165) is 0 Å². The van der Waals surface area contributed by atoms with E-state index in [1.807, 2.05) is 0 Å². The molecule has 12 nitrogen and oxygen atoms in total. The number of carboxylic acid groups (broad SMARTS) is 1. The van der Waals surface area contributed by atoms with E-state index in [9.17, 15) is 34.4 Å². The predicted octanol–water partition coefficient (Wildman–Crippen LogP) is 1.96. The first-order chi connectivity index (χ1) is 17.7. The van der Waals surface area contributed by atoms with Crippen molar-refractivity contribution in [2.75, 3.05) is 20.2 Å². The van der Waals surface area contributed by atoms with Gasteiger partial charge in [-0.25, -0.2) is 0 Å². The van der Waals surface area contributed by atoms with Gasteiger partial charge in [-0.15, -0.1) is 0 Å². The zero-order valence-electron chi connectivity index (χ0n) is 20.0. The normalized spacial score (nSPS) is 17.7. The number of carbonyl (C=O) groups is 4. The average molecular weight is 511 g/mol. The Hall–Kier alpha value is -4.48. The zero-order chi connectivity index (χ0) is 26.7. The third-order valence-electron chi connectivity index (χ3n) is 6.37. The molecule has 0 radical (unpaired) electrons. The summed E-state index contributed by atoms with van der Waals surface area (Å²) in [6.45, 7) is 0.247. The Bertz CT molecular complexity index is 1240. The van der Waals surface area contributed by atoms with Crippen LogP contribution in [0.15, 0.2) is 48.5 Å². The fourth-order valence-electron chi connectivity index (χ4n) is 4.37. The number of hydrogen-bond acceptors (Lipinski definition) is 7. The van der Waals surface area contributed by atoms with E-state index in [1.165, 1.54) is 47.2 Å². The molecule has 12 heteroatoms. The van der Waals surface area contributed by atoms with E-state index in [2.05, 4.69) is 5.32 Å². The Morgan fingerprint density at radius 3 is 2.46 bits per heavy atom. The lowest BCUT2D eigenvalue weighted by Gasteiger charge is -2.31. The van der Waals surface area contributed by atoms with E-state index in [1.54, 1.807) is 18.2 Å². The molecule has 2 aromatic carbocycles. The summed E-state index contributed by atoms with van der Waals surface area (Å²) in [5, 5.41) is 23.3. The van der Waals surface area contributed by atoms with Gasteiger partial charge in [-0.1, -0.05) is 18.2 Å². The molecule has 4 rings (SSSR count). The lowest BCUT2D eigenvalue weighted by molar-refractivity contribution is -0.384. The summed E-state index contributed by atoms with van der Waals surface area (Å²) in [5.74, 6) is -2.49. The SMILES string of the molecule is COc1cccc(C(=O)N2CCN(C(=O)C3CC3)C2C(=O)NC(CC(=O)O)c2cccc([N+](=O)[O-])c2)c1. The molecule has 1 saturated carbocycles. The van der Waals surface area contributed by atoms with Crippen LogP contribution >= 0.6 is 0 Å². The highest BCUT2D eigenvalue weighted by molar-refractivity contribution is 6.00. The predicted molar refractivity (Wildman–Crippen MR) is 128 cm³/mol. The highest BCUT2D eigenvalue weighted by Crippen LogP contribution is 2.34. The van der Waals surface area contributed by atoms with Gasteiger partial charge >= 0.3 is 5.97 Å². The van der Waals surface area contributed by atoms with Crippen molar-refractivity contribution in [3.05, 3.63) is 69.8 Å². The Balaban J connectivity index is 1.64. The van der Waals surface area contributed by atoms with E-state index >= 15 is 0 Å². The molecule has 2 aromatic rings. The number of nitrogens with one attached hydrogen (secondary N) is 1. The molecule has 1 aliphatic heterocycles. The van der Waals surface area contributed by atoms with Crippen LogP contribution in [0.4, 0.5) is 5.69 Å². The molecule has 0 spiro atoms. The average Bonchev–Trinajstić information content (AvgIpc) is 3.65. The monoisotopic (exact) mass is 510 g/mol. The summed E-state index contributed by atoms with van der Waals surface area (Å²) < 4.78 is 5.19. The molecule has 2 unspecified atom stereocenters. The smallest absolute Gasteiger partial charge is 0.305 e. The molecule has 2 atom stereocenters. The number of rotatable bonds is 9. The van der Waals surface area contributed by atoms with Crippen LogP contribution in [0, 0.1) is 16.0 Å². The quantitative estimate of drug-likeness (QED) is 0.382. The maximum Gasteiger partial charge on any atom is 0.305 e. The highest BCUT2D eigenvalue weighted by atomic mass is 16.6. The minimum Gasteiger partial charge on any atom is -0.497 e. The van der Waals surface area contributed by atoms with Crippen molar-refractivity contribution in [2.45, 2.75) is 31.5 Å². The Labute approximate surface area is 211 Å². The number of amides is 3. The molecule has 0 bridgehead atoms. The molecule has 2 N–H and O–H groups in total. The van der Waals surface area contributed by atoms with Crippen LogP contribution in [0.3, 0.4) is 0 Å². The van der Waals surface area contributed by atoms with Gasteiger partial charge in [-0.3, -0.25) is 29.3 Å². The minimum atomic E-state index is -1.30. The number of nitrogens with zero attached hydrogens (tertiary/aromatic N) is 3. The first kappa shape index (κ1) is 25.6. The number of hydrogen-bond donors (Lipinski definition) is 2. The van der Waals surface area contributed by atoms with Crippen LogP contribution in [0.5, 0.6) is 5.75 Å². The number of nitro benzene ring substituents is 1. The molecular weight excluding hydrogens is 484 g/mol. The van der Waals surface area contributed by atoms with E-state index in [-0.39, 0.29) is 41.7 Å². The maximum atomic E-state index is 13.6. The summed E-state index contributed by atoms with van der Waals surface area (Å²) >= 11 is 0. The van der Waals surface area contributed by atoms with E-state index in [0.29, 0.717) is 18.6 Å². The number of ether oxygens (including phenoxy) is 1. The van der Waals surface area contributed by atoms with Crippen molar-refractivity contribution in [3.63, 3.8) is 0 Å². The van der Waals surface area contributed by atoms with Gasteiger partial charge in [0.1, 0.15) is 5.75 Å². The molecule has 37 heavy (non-hydrogen) atoms. The molecule has 194 valence electrons. The number of carboxylic acids is 1. The first-order valence-electron chi connectivity index (χ1n) is 11.7. The molecule has 3 amide bonds. The summed E-state index contributed by atoms with van der Waals surface area (Å²) in [7, 11) is 1.46. The molecular formula is C25H26N4O8. The van der Waals surface area contributed by atoms with Crippen molar-refractivity contribution in [2.24, 2.45) is 5.92 Å². The number of methoxy groups -OCH3 is 1. The van der Waals surface area contributed by atoms with Gasteiger partial charge in [-0.2, -0.15) is 0 Å². The molecule has 1 saturated heterocycles. The van der Waals surface area contributed by atoms with Gasteiger partial charge in [0, 0.05) is 36.7 Å². The second-order valence-electron chi connectivity index (χ2n) is 8.92. The number of benzene rings is 2. The van der Waals surface area contributed by atoms with Crippen LogP contribution in [0.25, 0.3) is 0 Å². The van der Waals surface area contributed by atoms with Crippen molar-refractivity contribution < 1.29 is 33.9 Å². The Kier molecular flexibility index (Phi) is 7.37. The standard InChI is InChI=1S/C25H26N4O8/c1-37-19-7-3-5-17(13-19)25(34)28-11-10-27(24(33)15-8-9-15)23(28)22(32)26-20(14-21(30)31)16-4-2-6-18(12-16)29(35)36/h2-7,12-13,15,20,23H,8-11,14H2,1H3,(H,26,32)(H,30,31). The lowest BCUT2D eigenvalue weighted by Crippen LogP contribution is -2.54. The molecule has 1 aliphatic carbocycles. The summed E-state index contributed by atoms with van der Waals surface area (Å²) in [6, 6.07) is 10.6. The largest absolute Gasteiger partial charge is 0.497 e. The van der Waals surface area contributed by atoms with Gasteiger partial charge < -0.3 is 25.0 Å². The Morgan fingerprint density at radius 1 is 1.11 bits per heavy atom.